The summed E-state index contributed by atoms with van der Waals surface area (Å²) < 4.78 is 0. The Morgan fingerprint density at radius 1 is 1.11 bits per heavy atom. The van der Waals surface area contributed by atoms with Crippen LogP contribution in [0.1, 0.15) is 44.1 Å². The monoisotopic (exact) mass is 255 g/mol. The normalized spacial score (nSPS) is 31.1. The summed E-state index contributed by atoms with van der Waals surface area (Å²) in [6, 6.07) is 13.1. The molecule has 1 aromatic carbocycles. The van der Waals surface area contributed by atoms with Gasteiger partial charge in [0.1, 0.15) is 0 Å². The van der Waals surface area contributed by atoms with E-state index in [1.807, 2.05) is 0 Å². The van der Waals surface area contributed by atoms with E-state index in [-0.39, 0.29) is 0 Å². The molecular weight excluding hydrogens is 230 g/mol. The second-order valence-electron chi connectivity index (χ2n) is 6.06. The van der Waals surface area contributed by atoms with Crippen molar-refractivity contribution in [1.29, 1.82) is 0 Å². The highest BCUT2D eigenvalue weighted by atomic mass is 15.4. The van der Waals surface area contributed by atoms with Gasteiger partial charge in [-0.15, -0.1) is 6.58 Å². The van der Waals surface area contributed by atoms with Crippen molar-refractivity contribution in [2.24, 2.45) is 0 Å². The summed E-state index contributed by atoms with van der Waals surface area (Å²) in [4.78, 5) is 2.73. The number of hydrogen-bond acceptors (Lipinski definition) is 1. The standard InChI is InChI=1S/C18H25N/c1-2-17-18(14-13-15-9-5-3-6-10-15)19(17)16-11-7-4-8-12-16/h2-3,5-6,9-10,16-18H,1,4,7-8,11-14H2. The second-order valence-corrected chi connectivity index (χ2v) is 6.06. The molecule has 1 saturated heterocycles. The number of hydrogen-bond donors (Lipinski definition) is 0. The fourth-order valence-electron chi connectivity index (χ4n) is 3.77. The van der Waals surface area contributed by atoms with Crippen LogP contribution in [0.15, 0.2) is 43.0 Å². The molecule has 0 radical (unpaired) electrons. The zero-order chi connectivity index (χ0) is 13.1. The van der Waals surface area contributed by atoms with Gasteiger partial charge in [0.2, 0.25) is 0 Å². The molecule has 0 aromatic heterocycles. The van der Waals surface area contributed by atoms with E-state index < -0.39 is 0 Å². The maximum absolute atomic E-state index is 4.03. The number of benzene rings is 1. The van der Waals surface area contributed by atoms with Gasteiger partial charge in [-0.1, -0.05) is 55.7 Å². The smallest absolute Gasteiger partial charge is 0.0438 e. The highest BCUT2D eigenvalue weighted by molar-refractivity contribution is 5.18. The molecule has 1 heteroatoms. The van der Waals surface area contributed by atoms with Gasteiger partial charge in [0, 0.05) is 18.1 Å². The minimum absolute atomic E-state index is 0.659. The van der Waals surface area contributed by atoms with Crippen molar-refractivity contribution in [1.82, 2.24) is 4.90 Å². The van der Waals surface area contributed by atoms with Crippen LogP contribution in [-0.4, -0.2) is 23.0 Å². The maximum Gasteiger partial charge on any atom is 0.0438 e. The van der Waals surface area contributed by atoms with Gasteiger partial charge < -0.3 is 0 Å². The van der Waals surface area contributed by atoms with Crippen molar-refractivity contribution in [3.63, 3.8) is 0 Å². The van der Waals surface area contributed by atoms with E-state index in [0.717, 1.165) is 12.1 Å². The Hall–Kier alpha value is -1.08. The van der Waals surface area contributed by atoms with Gasteiger partial charge >= 0.3 is 0 Å². The summed E-state index contributed by atoms with van der Waals surface area (Å²) in [6.45, 7) is 4.03. The predicted octanol–water partition coefficient (Wildman–Crippen LogP) is 4.19. The fraction of sp³-hybridized carbons (Fsp3) is 0.556. The molecule has 1 saturated carbocycles. The van der Waals surface area contributed by atoms with Gasteiger partial charge in [-0.2, -0.15) is 0 Å². The van der Waals surface area contributed by atoms with Crippen molar-refractivity contribution in [2.45, 2.75) is 63.1 Å². The van der Waals surface area contributed by atoms with Crippen molar-refractivity contribution >= 4 is 0 Å². The summed E-state index contributed by atoms with van der Waals surface area (Å²) in [5, 5.41) is 0. The molecular formula is C18H25N. The van der Waals surface area contributed by atoms with Crippen LogP contribution < -0.4 is 0 Å². The van der Waals surface area contributed by atoms with Crippen LogP contribution in [0.5, 0.6) is 0 Å². The highest BCUT2D eigenvalue weighted by Crippen LogP contribution is 2.40. The molecule has 0 spiro atoms. The van der Waals surface area contributed by atoms with E-state index in [1.165, 1.54) is 50.5 Å². The number of aryl methyl sites for hydroxylation is 1. The van der Waals surface area contributed by atoms with E-state index in [4.69, 9.17) is 0 Å². The summed E-state index contributed by atoms with van der Waals surface area (Å²) in [5.41, 5.74) is 1.47. The zero-order valence-electron chi connectivity index (χ0n) is 11.8. The molecule has 2 fully saturated rings. The third-order valence-electron chi connectivity index (χ3n) is 4.84. The summed E-state index contributed by atoms with van der Waals surface area (Å²) >= 11 is 0. The lowest BCUT2D eigenvalue weighted by Gasteiger charge is -2.24. The van der Waals surface area contributed by atoms with Crippen LogP contribution in [0, 0.1) is 0 Å². The predicted molar refractivity (Wildman–Crippen MR) is 81.2 cm³/mol. The molecule has 0 N–H and O–H groups in total. The van der Waals surface area contributed by atoms with Crippen LogP contribution in [0.2, 0.25) is 0 Å². The SMILES string of the molecule is C=CC1C(CCc2ccccc2)N1C1CCCCC1. The third-order valence-corrected chi connectivity index (χ3v) is 4.84. The molecule has 1 aromatic rings. The van der Waals surface area contributed by atoms with Crippen molar-refractivity contribution in [2.75, 3.05) is 0 Å². The lowest BCUT2D eigenvalue weighted by Crippen LogP contribution is -2.24. The van der Waals surface area contributed by atoms with E-state index in [9.17, 15) is 0 Å². The first-order valence-corrected chi connectivity index (χ1v) is 7.84. The topological polar surface area (TPSA) is 3.01 Å². The maximum atomic E-state index is 4.03. The van der Waals surface area contributed by atoms with E-state index in [0.29, 0.717) is 6.04 Å². The molecule has 0 bridgehead atoms. The van der Waals surface area contributed by atoms with Gasteiger partial charge in [0.25, 0.3) is 0 Å². The molecule has 0 amide bonds. The molecule has 1 heterocycles. The Kier molecular flexibility index (Phi) is 4.03. The Morgan fingerprint density at radius 3 is 2.53 bits per heavy atom. The van der Waals surface area contributed by atoms with Gasteiger partial charge in [-0.3, -0.25) is 4.90 Å². The summed E-state index contributed by atoms with van der Waals surface area (Å²) in [7, 11) is 0. The van der Waals surface area contributed by atoms with Crippen LogP contribution in [0.4, 0.5) is 0 Å². The second kappa shape index (κ2) is 5.92. The van der Waals surface area contributed by atoms with Crippen LogP contribution in [0.25, 0.3) is 0 Å². The van der Waals surface area contributed by atoms with E-state index in [2.05, 4.69) is 47.9 Å². The first-order valence-electron chi connectivity index (χ1n) is 7.84. The molecule has 1 aliphatic heterocycles. The Morgan fingerprint density at radius 2 is 1.84 bits per heavy atom. The zero-order valence-corrected chi connectivity index (χ0v) is 11.8. The van der Waals surface area contributed by atoms with Crippen LogP contribution in [-0.2, 0) is 6.42 Å². The van der Waals surface area contributed by atoms with Crippen molar-refractivity contribution in [3.05, 3.63) is 48.6 Å². The van der Waals surface area contributed by atoms with E-state index in [1.54, 1.807) is 0 Å². The first kappa shape index (κ1) is 12.9. The van der Waals surface area contributed by atoms with Crippen molar-refractivity contribution < 1.29 is 0 Å². The van der Waals surface area contributed by atoms with Gasteiger partial charge in [0.05, 0.1) is 0 Å². The molecule has 1 aliphatic carbocycles. The average Bonchev–Trinajstić information content (AvgIpc) is 3.20. The molecule has 19 heavy (non-hydrogen) atoms. The van der Waals surface area contributed by atoms with Crippen LogP contribution >= 0.6 is 0 Å². The lowest BCUT2D eigenvalue weighted by molar-refractivity contribution is 0.272. The Bertz CT molecular complexity index is 405. The minimum Gasteiger partial charge on any atom is -0.288 e. The lowest BCUT2D eigenvalue weighted by atomic mass is 9.95. The molecule has 3 unspecified atom stereocenters. The molecule has 3 atom stereocenters. The van der Waals surface area contributed by atoms with E-state index >= 15 is 0 Å². The Labute approximate surface area is 117 Å². The third kappa shape index (κ3) is 2.92. The minimum atomic E-state index is 0.659. The van der Waals surface area contributed by atoms with Gasteiger partial charge in [0.15, 0.2) is 0 Å². The Balaban J connectivity index is 1.54. The molecule has 1 nitrogen and oxygen atoms in total. The molecule has 102 valence electrons. The van der Waals surface area contributed by atoms with Gasteiger partial charge in [-0.25, -0.2) is 0 Å². The van der Waals surface area contributed by atoms with Crippen molar-refractivity contribution in [3.8, 4) is 0 Å². The summed E-state index contributed by atoms with van der Waals surface area (Å²) in [6.07, 6.45) is 11.8. The first-order chi connectivity index (χ1) is 9.40. The number of nitrogens with zero attached hydrogens (tertiary/aromatic N) is 1. The molecule has 2 aliphatic rings. The average molecular weight is 255 g/mol. The summed E-state index contributed by atoms with van der Waals surface area (Å²) in [5.74, 6) is 0. The van der Waals surface area contributed by atoms with Gasteiger partial charge in [-0.05, 0) is 31.2 Å². The fourth-order valence-corrected chi connectivity index (χ4v) is 3.77. The quantitative estimate of drug-likeness (QED) is 0.563. The van der Waals surface area contributed by atoms with Crippen LogP contribution in [0.3, 0.4) is 0 Å². The highest BCUT2D eigenvalue weighted by Gasteiger charge is 2.48. The largest absolute Gasteiger partial charge is 0.288 e. The number of rotatable bonds is 5. The molecule has 3 rings (SSSR count).